The van der Waals surface area contributed by atoms with Gasteiger partial charge in [-0.25, -0.2) is 0 Å². The van der Waals surface area contributed by atoms with E-state index in [0.717, 1.165) is 22.5 Å². The van der Waals surface area contributed by atoms with Crippen LogP contribution in [0, 0.1) is 0 Å². The van der Waals surface area contributed by atoms with Crippen molar-refractivity contribution in [1.82, 2.24) is 16.0 Å². The van der Waals surface area contributed by atoms with Gasteiger partial charge >= 0.3 is 0 Å². The van der Waals surface area contributed by atoms with Crippen LogP contribution in [0.15, 0.2) is 52.1 Å². The molecular formula is C21H28N4O2S. The number of carbonyl (C=O) groups is 1. The highest BCUT2D eigenvalue weighted by Crippen LogP contribution is 2.28. The SMILES string of the molecule is CN=C(NCc1cccc(C(=O)NCc2ccco2)c1)NC1CCC(SC)C1. The Hall–Kier alpha value is -2.41. The Balaban J connectivity index is 1.50. The number of carbonyl (C=O) groups excluding carboxylic acids is 1. The second-order valence-corrected chi connectivity index (χ2v) is 8.04. The van der Waals surface area contributed by atoms with Gasteiger partial charge in [0.2, 0.25) is 0 Å². The summed E-state index contributed by atoms with van der Waals surface area (Å²) in [5.41, 5.74) is 1.66. The van der Waals surface area contributed by atoms with Crippen LogP contribution >= 0.6 is 11.8 Å². The van der Waals surface area contributed by atoms with Crippen LogP contribution < -0.4 is 16.0 Å². The van der Waals surface area contributed by atoms with Crippen molar-refractivity contribution < 1.29 is 9.21 Å². The highest BCUT2D eigenvalue weighted by atomic mass is 32.2. The maximum atomic E-state index is 12.4. The molecule has 150 valence electrons. The van der Waals surface area contributed by atoms with Crippen molar-refractivity contribution >= 4 is 23.6 Å². The van der Waals surface area contributed by atoms with Gasteiger partial charge in [-0.1, -0.05) is 12.1 Å². The van der Waals surface area contributed by atoms with E-state index in [4.69, 9.17) is 4.42 Å². The lowest BCUT2D eigenvalue weighted by atomic mass is 10.1. The molecule has 2 atom stereocenters. The van der Waals surface area contributed by atoms with Crippen molar-refractivity contribution in [3.63, 3.8) is 0 Å². The number of aliphatic imine (C=N–C) groups is 1. The number of thioether (sulfide) groups is 1. The summed E-state index contributed by atoms with van der Waals surface area (Å²) in [6, 6.07) is 11.7. The molecule has 1 heterocycles. The van der Waals surface area contributed by atoms with Crippen molar-refractivity contribution in [2.75, 3.05) is 13.3 Å². The first-order chi connectivity index (χ1) is 13.7. The number of amides is 1. The van der Waals surface area contributed by atoms with Crippen molar-refractivity contribution in [3.05, 3.63) is 59.5 Å². The number of furan rings is 1. The third kappa shape index (κ3) is 5.79. The molecule has 0 bridgehead atoms. The van der Waals surface area contributed by atoms with Crippen LogP contribution in [-0.4, -0.2) is 36.5 Å². The highest BCUT2D eigenvalue weighted by Gasteiger charge is 2.24. The summed E-state index contributed by atoms with van der Waals surface area (Å²) in [4.78, 5) is 16.7. The van der Waals surface area contributed by atoms with E-state index in [2.05, 4.69) is 27.2 Å². The van der Waals surface area contributed by atoms with E-state index in [1.807, 2.05) is 48.2 Å². The van der Waals surface area contributed by atoms with Crippen LogP contribution in [0.1, 0.15) is 40.9 Å². The van der Waals surface area contributed by atoms with Gasteiger partial charge in [0.1, 0.15) is 5.76 Å². The third-order valence-corrected chi connectivity index (χ3v) is 6.03. The van der Waals surface area contributed by atoms with Crippen LogP contribution in [0.4, 0.5) is 0 Å². The smallest absolute Gasteiger partial charge is 0.251 e. The Morgan fingerprint density at radius 3 is 2.82 bits per heavy atom. The summed E-state index contributed by atoms with van der Waals surface area (Å²) in [6.45, 7) is 0.987. The molecule has 1 aromatic carbocycles. The minimum atomic E-state index is -0.116. The lowest BCUT2D eigenvalue weighted by molar-refractivity contribution is 0.0948. The van der Waals surface area contributed by atoms with E-state index < -0.39 is 0 Å². The van der Waals surface area contributed by atoms with Crippen LogP contribution in [0.25, 0.3) is 0 Å². The first kappa shape index (κ1) is 20.3. The van der Waals surface area contributed by atoms with Gasteiger partial charge in [-0.15, -0.1) is 0 Å². The summed E-state index contributed by atoms with van der Waals surface area (Å²) >= 11 is 1.94. The number of guanidine groups is 1. The number of hydrogen-bond acceptors (Lipinski definition) is 4. The van der Waals surface area contributed by atoms with Crippen molar-refractivity contribution in [3.8, 4) is 0 Å². The molecule has 6 nitrogen and oxygen atoms in total. The van der Waals surface area contributed by atoms with E-state index in [-0.39, 0.29) is 5.91 Å². The number of rotatable bonds is 7. The molecule has 0 radical (unpaired) electrons. The predicted octanol–water partition coefficient (Wildman–Crippen LogP) is 3.16. The average Bonchev–Trinajstić information content (AvgIpc) is 3.41. The summed E-state index contributed by atoms with van der Waals surface area (Å²) in [6.07, 6.45) is 7.38. The molecule has 1 saturated carbocycles. The Labute approximate surface area is 170 Å². The van der Waals surface area contributed by atoms with Crippen molar-refractivity contribution in [2.45, 2.75) is 43.6 Å². The second-order valence-electron chi connectivity index (χ2n) is 6.90. The topological polar surface area (TPSA) is 78.7 Å². The van der Waals surface area contributed by atoms with Gasteiger partial charge in [0.05, 0.1) is 12.8 Å². The molecule has 2 aromatic rings. The maximum absolute atomic E-state index is 12.4. The lowest BCUT2D eigenvalue weighted by Crippen LogP contribution is -2.42. The van der Waals surface area contributed by atoms with E-state index in [0.29, 0.717) is 24.7 Å². The third-order valence-electron chi connectivity index (χ3n) is 4.93. The molecule has 1 aliphatic rings. The largest absolute Gasteiger partial charge is 0.467 e. The molecule has 0 saturated heterocycles. The van der Waals surface area contributed by atoms with Gasteiger partial charge in [-0.05, 0) is 55.3 Å². The van der Waals surface area contributed by atoms with Gasteiger partial charge in [0.25, 0.3) is 5.91 Å². The molecular weight excluding hydrogens is 372 g/mol. The van der Waals surface area contributed by atoms with E-state index in [1.165, 1.54) is 19.3 Å². The summed E-state index contributed by atoms with van der Waals surface area (Å²) in [5.74, 6) is 1.42. The average molecular weight is 401 g/mol. The Kier molecular flexibility index (Phi) is 7.42. The van der Waals surface area contributed by atoms with Crippen molar-refractivity contribution in [1.29, 1.82) is 0 Å². The summed E-state index contributed by atoms with van der Waals surface area (Å²) in [5, 5.41) is 10.5. The molecule has 3 N–H and O–H groups in total. The monoisotopic (exact) mass is 400 g/mol. The van der Waals surface area contributed by atoms with Gasteiger partial charge in [-0.2, -0.15) is 11.8 Å². The van der Waals surface area contributed by atoms with Crippen LogP contribution in [0.3, 0.4) is 0 Å². The Morgan fingerprint density at radius 2 is 2.11 bits per heavy atom. The Morgan fingerprint density at radius 1 is 1.21 bits per heavy atom. The molecule has 1 aliphatic carbocycles. The minimum Gasteiger partial charge on any atom is -0.467 e. The van der Waals surface area contributed by atoms with Crippen LogP contribution in [0.2, 0.25) is 0 Å². The Bertz CT molecular complexity index is 791. The zero-order valence-corrected chi connectivity index (χ0v) is 17.2. The predicted molar refractivity (Wildman–Crippen MR) is 115 cm³/mol. The molecule has 1 fully saturated rings. The lowest BCUT2D eigenvalue weighted by Gasteiger charge is -2.17. The molecule has 3 rings (SSSR count). The van der Waals surface area contributed by atoms with E-state index in [1.54, 1.807) is 13.3 Å². The number of nitrogens with zero attached hydrogens (tertiary/aromatic N) is 1. The standard InChI is InChI=1S/C21H28N4O2S/c1-22-21(25-17-8-9-19(12-17)28-2)24-13-15-5-3-6-16(11-15)20(26)23-14-18-7-4-10-27-18/h3-7,10-11,17,19H,8-9,12-14H2,1-2H3,(H,23,26)(H2,22,24,25). The van der Waals surface area contributed by atoms with E-state index >= 15 is 0 Å². The fourth-order valence-electron chi connectivity index (χ4n) is 3.36. The normalized spacial score (nSPS) is 19.4. The molecule has 7 heteroatoms. The zero-order valence-electron chi connectivity index (χ0n) is 16.4. The number of hydrogen-bond donors (Lipinski definition) is 3. The molecule has 0 aliphatic heterocycles. The molecule has 28 heavy (non-hydrogen) atoms. The van der Waals surface area contributed by atoms with Gasteiger partial charge in [0.15, 0.2) is 5.96 Å². The number of nitrogens with one attached hydrogen (secondary N) is 3. The molecule has 1 amide bonds. The van der Waals surface area contributed by atoms with Crippen molar-refractivity contribution in [2.24, 2.45) is 4.99 Å². The fourth-order valence-corrected chi connectivity index (χ4v) is 4.16. The number of benzene rings is 1. The first-order valence-electron chi connectivity index (χ1n) is 9.57. The van der Waals surface area contributed by atoms with Crippen LogP contribution in [0.5, 0.6) is 0 Å². The maximum Gasteiger partial charge on any atom is 0.251 e. The minimum absolute atomic E-state index is 0.116. The first-order valence-corrected chi connectivity index (χ1v) is 10.9. The zero-order chi connectivity index (χ0) is 19.8. The van der Waals surface area contributed by atoms with Gasteiger partial charge in [0, 0.05) is 30.4 Å². The highest BCUT2D eigenvalue weighted by molar-refractivity contribution is 7.99. The molecule has 1 aromatic heterocycles. The summed E-state index contributed by atoms with van der Waals surface area (Å²) < 4.78 is 5.24. The van der Waals surface area contributed by atoms with Crippen LogP contribution in [-0.2, 0) is 13.1 Å². The fraction of sp³-hybridized carbons (Fsp3) is 0.429. The molecule has 2 unspecified atom stereocenters. The van der Waals surface area contributed by atoms with E-state index in [9.17, 15) is 4.79 Å². The van der Waals surface area contributed by atoms with Gasteiger partial charge in [-0.3, -0.25) is 9.79 Å². The second kappa shape index (κ2) is 10.2. The summed E-state index contributed by atoms with van der Waals surface area (Å²) in [7, 11) is 1.79. The van der Waals surface area contributed by atoms with Gasteiger partial charge < -0.3 is 20.4 Å². The molecule has 0 spiro atoms. The quantitative estimate of drug-likeness (QED) is 0.492.